The molecule has 0 heterocycles. The summed E-state index contributed by atoms with van der Waals surface area (Å²) >= 11 is 0. The molecule has 0 aliphatic carbocycles. The van der Waals surface area contributed by atoms with E-state index in [-0.39, 0.29) is 0 Å². The average molecular weight is 262 g/mol. The van der Waals surface area contributed by atoms with Crippen molar-refractivity contribution in [2.24, 2.45) is 5.73 Å². The first-order chi connectivity index (χ1) is 9.75. The smallest absolute Gasteiger partial charge is 0.250 e. The van der Waals surface area contributed by atoms with Crippen molar-refractivity contribution in [2.45, 2.75) is 0 Å². The number of amides is 1. The number of carbonyl (C=O) groups is 1. The monoisotopic (exact) mass is 262 g/mol. The molecule has 3 aromatic carbocycles. The van der Waals surface area contributed by atoms with Crippen LogP contribution in [0.1, 0.15) is 10.4 Å². The minimum atomic E-state index is -0.437. The van der Waals surface area contributed by atoms with E-state index in [1.54, 1.807) is 12.1 Å². The van der Waals surface area contributed by atoms with Gasteiger partial charge in [-0.2, -0.15) is 0 Å². The van der Waals surface area contributed by atoms with E-state index >= 15 is 0 Å². The second-order valence-corrected chi connectivity index (χ2v) is 4.56. The summed E-state index contributed by atoms with van der Waals surface area (Å²) in [6.07, 6.45) is 0. The largest absolute Gasteiger partial charge is 0.366 e. The van der Waals surface area contributed by atoms with Gasteiger partial charge in [-0.25, -0.2) is 0 Å². The van der Waals surface area contributed by atoms with Gasteiger partial charge >= 0.3 is 0 Å². The topological polar surface area (TPSA) is 55.1 Å². The van der Waals surface area contributed by atoms with E-state index < -0.39 is 5.91 Å². The van der Waals surface area contributed by atoms with Gasteiger partial charge in [0.15, 0.2) is 0 Å². The standard InChI is InChI=1S/C17H14N2O/c18-17(20)14-9-3-4-10-16(14)19-15-11-5-7-12-6-1-2-8-13(12)15/h1-11,19H,(H2,18,20). The minimum absolute atomic E-state index is 0.437. The van der Waals surface area contributed by atoms with Gasteiger partial charge in [0.2, 0.25) is 0 Å². The highest BCUT2D eigenvalue weighted by atomic mass is 16.1. The zero-order chi connectivity index (χ0) is 13.9. The van der Waals surface area contributed by atoms with Crippen LogP contribution in [0, 0.1) is 0 Å². The molecule has 0 spiro atoms. The SMILES string of the molecule is NC(=O)c1ccccc1Nc1cccc2ccccc12. The number of primary amides is 1. The Morgan fingerprint density at radius 1 is 0.800 bits per heavy atom. The van der Waals surface area contributed by atoms with E-state index in [0.717, 1.165) is 22.1 Å². The van der Waals surface area contributed by atoms with Gasteiger partial charge in [-0.05, 0) is 23.6 Å². The first-order valence-corrected chi connectivity index (χ1v) is 6.39. The molecule has 0 radical (unpaired) electrons. The number of hydrogen-bond acceptors (Lipinski definition) is 2. The molecular formula is C17H14N2O. The summed E-state index contributed by atoms with van der Waals surface area (Å²) in [6, 6.07) is 21.4. The lowest BCUT2D eigenvalue weighted by atomic mass is 10.1. The normalized spacial score (nSPS) is 10.4. The van der Waals surface area contributed by atoms with Gasteiger partial charge < -0.3 is 11.1 Å². The first-order valence-electron chi connectivity index (χ1n) is 6.39. The predicted octanol–water partition coefficient (Wildman–Crippen LogP) is 3.68. The highest BCUT2D eigenvalue weighted by Crippen LogP contribution is 2.27. The van der Waals surface area contributed by atoms with E-state index in [2.05, 4.69) is 17.4 Å². The van der Waals surface area contributed by atoms with Crippen LogP contribution < -0.4 is 11.1 Å². The molecular weight excluding hydrogens is 248 g/mol. The molecule has 1 amide bonds. The summed E-state index contributed by atoms with van der Waals surface area (Å²) in [4.78, 5) is 11.5. The zero-order valence-corrected chi connectivity index (χ0v) is 10.8. The quantitative estimate of drug-likeness (QED) is 0.756. The van der Waals surface area contributed by atoms with Crippen LogP contribution >= 0.6 is 0 Å². The molecule has 0 aromatic heterocycles. The number of para-hydroxylation sites is 1. The number of nitrogens with two attached hydrogens (primary N) is 1. The molecule has 0 fully saturated rings. The Kier molecular flexibility index (Phi) is 3.09. The lowest BCUT2D eigenvalue weighted by molar-refractivity contribution is 0.100. The van der Waals surface area contributed by atoms with Crippen molar-refractivity contribution in [3.63, 3.8) is 0 Å². The molecule has 20 heavy (non-hydrogen) atoms. The van der Waals surface area contributed by atoms with Crippen molar-refractivity contribution in [3.05, 3.63) is 72.3 Å². The molecule has 3 aromatic rings. The number of hydrogen-bond donors (Lipinski definition) is 2. The minimum Gasteiger partial charge on any atom is -0.366 e. The van der Waals surface area contributed by atoms with Crippen LogP contribution in [0.2, 0.25) is 0 Å². The lowest BCUT2D eigenvalue weighted by Gasteiger charge is -2.12. The van der Waals surface area contributed by atoms with Crippen molar-refractivity contribution < 1.29 is 4.79 Å². The Morgan fingerprint density at radius 2 is 1.45 bits per heavy atom. The predicted molar refractivity (Wildman–Crippen MR) is 82.2 cm³/mol. The zero-order valence-electron chi connectivity index (χ0n) is 10.8. The van der Waals surface area contributed by atoms with Gasteiger partial charge in [0.1, 0.15) is 0 Å². The van der Waals surface area contributed by atoms with Gasteiger partial charge in [-0.15, -0.1) is 0 Å². The molecule has 3 N–H and O–H groups in total. The summed E-state index contributed by atoms with van der Waals surface area (Å²) in [7, 11) is 0. The summed E-state index contributed by atoms with van der Waals surface area (Å²) in [5, 5.41) is 5.55. The molecule has 3 nitrogen and oxygen atoms in total. The van der Waals surface area contributed by atoms with Gasteiger partial charge in [-0.1, -0.05) is 48.5 Å². The molecule has 0 aliphatic heterocycles. The third-order valence-corrected chi connectivity index (χ3v) is 3.25. The van der Waals surface area contributed by atoms with Crippen molar-refractivity contribution in [1.82, 2.24) is 0 Å². The van der Waals surface area contributed by atoms with E-state index in [1.165, 1.54) is 0 Å². The van der Waals surface area contributed by atoms with Gasteiger partial charge in [0.05, 0.1) is 11.3 Å². The second kappa shape index (κ2) is 5.05. The van der Waals surface area contributed by atoms with E-state index in [9.17, 15) is 4.79 Å². The van der Waals surface area contributed by atoms with Crippen molar-refractivity contribution in [1.29, 1.82) is 0 Å². The van der Waals surface area contributed by atoms with Crippen LogP contribution in [0.5, 0.6) is 0 Å². The van der Waals surface area contributed by atoms with Crippen LogP contribution in [0.4, 0.5) is 11.4 Å². The molecule has 0 unspecified atom stereocenters. The van der Waals surface area contributed by atoms with Gasteiger partial charge in [0.25, 0.3) is 5.91 Å². The average Bonchev–Trinajstić information content (AvgIpc) is 2.48. The van der Waals surface area contributed by atoms with Gasteiger partial charge in [0, 0.05) is 11.1 Å². The van der Waals surface area contributed by atoms with Gasteiger partial charge in [-0.3, -0.25) is 4.79 Å². The van der Waals surface area contributed by atoms with Crippen molar-refractivity contribution >= 4 is 28.1 Å². The summed E-state index contributed by atoms with van der Waals surface area (Å²) < 4.78 is 0. The number of fused-ring (bicyclic) bond motifs is 1. The van der Waals surface area contributed by atoms with E-state index in [4.69, 9.17) is 5.73 Å². The van der Waals surface area contributed by atoms with E-state index in [0.29, 0.717) is 5.56 Å². The fourth-order valence-electron chi connectivity index (χ4n) is 2.29. The molecule has 3 heteroatoms. The number of benzene rings is 3. The maximum absolute atomic E-state index is 11.5. The molecule has 0 aliphatic rings. The molecule has 0 saturated carbocycles. The molecule has 98 valence electrons. The van der Waals surface area contributed by atoms with Crippen LogP contribution in [0.15, 0.2) is 66.7 Å². The molecule has 0 atom stereocenters. The molecule has 0 bridgehead atoms. The highest BCUT2D eigenvalue weighted by Gasteiger charge is 2.08. The van der Waals surface area contributed by atoms with Crippen LogP contribution in [0.3, 0.4) is 0 Å². The van der Waals surface area contributed by atoms with Crippen LogP contribution in [-0.2, 0) is 0 Å². The summed E-state index contributed by atoms with van der Waals surface area (Å²) in [6.45, 7) is 0. The van der Waals surface area contributed by atoms with E-state index in [1.807, 2.05) is 42.5 Å². The van der Waals surface area contributed by atoms with Crippen molar-refractivity contribution in [2.75, 3.05) is 5.32 Å². The Hall–Kier alpha value is -2.81. The third-order valence-electron chi connectivity index (χ3n) is 3.25. The summed E-state index contributed by atoms with van der Waals surface area (Å²) in [5.41, 5.74) is 7.56. The Bertz CT molecular complexity index is 775. The summed E-state index contributed by atoms with van der Waals surface area (Å²) in [5.74, 6) is -0.437. The number of carbonyl (C=O) groups excluding carboxylic acids is 1. The second-order valence-electron chi connectivity index (χ2n) is 4.56. The fraction of sp³-hybridized carbons (Fsp3) is 0. The first kappa shape index (κ1) is 12.2. The third kappa shape index (κ3) is 2.21. The Balaban J connectivity index is 2.08. The van der Waals surface area contributed by atoms with Crippen molar-refractivity contribution in [3.8, 4) is 0 Å². The number of rotatable bonds is 3. The van der Waals surface area contributed by atoms with Crippen LogP contribution in [-0.4, -0.2) is 5.91 Å². The maximum atomic E-state index is 11.5. The number of anilines is 2. The highest BCUT2D eigenvalue weighted by molar-refractivity contribution is 6.01. The molecule has 0 saturated heterocycles. The molecule has 3 rings (SSSR count). The Morgan fingerprint density at radius 3 is 2.30 bits per heavy atom. The fourth-order valence-corrected chi connectivity index (χ4v) is 2.29. The number of nitrogens with one attached hydrogen (secondary N) is 1. The Labute approximate surface area is 117 Å². The lowest BCUT2D eigenvalue weighted by Crippen LogP contribution is -2.13. The van der Waals surface area contributed by atoms with Crippen LogP contribution in [0.25, 0.3) is 10.8 Å². The maximum Gasteiger partial charge on any atom is 0.250 e.